The zero-order chi connectivity index (χ0) is 20.1. The highest BCUT2D eigenvalue weighted by atomic mass is 35.5. The van der Waals surface area contributed by atoms with Crippen LogP contribution in [-0.2, 0) is 4.79 Å². The number of rotatable bonds is 6. The first-order chi connectivity index (χ1) is 13.4. The van der Waals surface area contributed by atoms with Crippen LogP contribution in [-0.4, -0.2) is 27.8 Å². The number of nitrogens with one attached hydrogen (secondary N) is 2. The van der Waals surface area contributed by atoms with E-state index in [1.165, 1.54) is 23.1 Å². The minimum Gasteiger partial charge on any atom is -0.325 e. The van der Waals surface area contributed by atoms with E-state index in [1.54, 1.807) is 24.3 Å². The number of hydrogen-bond acceptors (Lipinski definition) is 6. The normalized spacial score (nSPS) is 10.5. The minimum atomic E-state index is -0.294. The Kier molecular flexibility index (Phi) is 6.66. The van der Waals surface area contributed by atoms with E-state index in [0.29, 0.717) is 20.1 Å². The van der Waals surface area contributed by atoms with Gasteiger partial charge in [-0.15, -0.1) is 10.2 Å². The van der Waals surface area contributed by atoms with Gasteiger partial charge in [-0.1, -0.05) is 46.8 Å². The summed E-state index contributed by atoms with van der Waals surface area (Å²) in [5, 5.41) is 14.5. The van der Waals surface area contributed by atoms with Gasteiger partial charge in [-0.25, -0.2) is 0 Å². The number of amides is 2. The van der Waals surface area contributed by atoms with Gasteiger partial charge in [0.05, 0.1) is 5.75 Å². The van der Waals surface area contributed by atoms with Crippen molar-refractivity contribution in [1.82, 2.24) is 10.2 Å². The third-order valence-corrected chi connectivity index (χ3v) is 5.95. The lowest BCUT2D eigenvalue weighted by molar-refractivity contribution is -0.113. The van der Waals surface area contributed by atoms with Crippen LogP contribution >= 0.6 is 34.7 Å². The molecule has 0 saturated heterocycles. The number of carbonyl (C=O) groups excluding carboxylic acids is 2. The van der Waals surface area contributed by atoms with Crippen molar-refractivity contribution in [3.05, 3.63) is 64.2 Å². The number of aryl methyl sites for hydroxylation is 2. The van der Waals surface area contributed by atoms with Gasteiger partial charge in [-0.2, -0.15) is 0 Å². The summed E-state index contributed by atoms with van der Waals surface area (Å²) in [6.45, 7) is 3.92. The lowest BCUT2D eigenvalue weighted by Crippen LogP contribution is -2.14. The van der Waals surface area contributed by atoms with Crippen LogP contribution in [0.5, 0.6) is 0 Å². The maximum Gasteiger partial charge on any atom is 0.257 e. The van der Waals surface area contributed by atoms with Crippen LogP contribution in [0.25, 0.3) is 0 Å². The topological polar surface area (TPSA) is 84.0 Å². The van der Waals surface area contributed by atoms with Crippen LogP contribution in [0.3, 0.4) is 0 Å². The summed E-state index contributed by atoms with van der Waals surface area (Å²) in [4.78, 5) is 24.4. The second-order valence-corrected chi connectivity index (χ2v) is 8.63. The van der Waals surface area contributed by atoms with E-state index in [1.807, 2.05) is 32.0 Å². The lowest BCUT2D eigenvalue weighted by atomic mass is 10.1. The fourth-order valence-corrected chi connectivity index (χ4v) is 3.95. The quantitative estimate of drug-likeness (QED) is 0.432. The van der Waals surface area contributed by atoms with Crippen LogP contribution < -0.4 is 10.6 Å². The SMILES string of the molecule is Cc1ccc(C)c(NC(=O)CSc2nnc(NC(=O)c3ccc(Cl)cc3)s2)c1. The Morgan fingerprint density at radius 2 is 1.82 bits per heavy atom. The first-order valence-electron chi connectivity index (χ1n) is 8.31. The Morgan fingerprint density at radius 1 is 1.07 bits per heavy atom. The molecule has 2 aromatic carbocycles. The summed E-state index contributed by atoms with van der Waals surface area (Å²) in [7, 11) is 0. The van der Waals surface area contributed by atoms with Crippen molar-refractivity contribution in [2.24, 2.45) is 0 Å². The molecule has 0 spiro atoms. The van der Waals surface area contributed by atoms with Gasteiger partial charge in [0.25, 0.3) is 5.91 Å². The lowest BCUT2D eigenvalue weighted by Gasteiger charge is -2.08. The van der Waals surface area contributed by atoms with Crippen LogP contribution in [0.15, 0.2) is 46.8 Å². The molecule has 3 aromatic rings. The Morgan fingerprint density at radius 3 is 2.57 bits per heavy atom. The van der Waals surface area contributed by atoms with Gasteiger partial charge in [0, 0.05) is 16.3 Å². The van der Waals surface area contributed by atoms with Crippen LogP contribution in [0.2, 0.25) is 5.02 Å². The molecule has 0 unspecified atom stereocenters. The molecule has 0 aliphatic heterocycles. The second-order valence-electron chi connectivity index (χ2n) is 5.99. The Balaban J connectivity index is 1.53. The van der Waals surface area contributed by atoms with Gasteiger partial charge in [0.1, 0.15) is 0 Å². The number of carbonyl (C=O) groups is 2. The van der Waals surface area contributed by atoms with Crippen molar-refractivity contribution >= 4 is 57.3 Å². The van der Waals surface area contributed by atoms with E-state index in [-0.39, 0.29) is 17.6 Å². The number of thioether (sulfide) groups is 1. The largest absolute Gasteiger partial charge is 0.325 e. The third kappa shape index (κ3) is 5.54. The van der Waals surface area contributed by atoms with E-state index in [9.17, 15) is 9.59 Å². The highest BCUT2D eigenvalue weighted by molar-refractivity contribution is 8.01. The van der Waals surface area contributed by atoms with Gasteiger partial charge < -0.3 is 5.32 Å². The summed E-state index contributed by atoms with van der Waals surface area (Å²) < 4.78 is 0.600. The van der Waals surface area contributed by atoms with E-state index < -0.39 is 0 Å². The molecular weight excluding hydrogens is 416 g/mol. The maximum absolute atomic E-state index is 12.2. The molecule has 1 heterocycles. The van der Waals surface area contributed by atoms with Gasteiger partial charge in [0.2, 0.25) is 11.0 Å². The number of aromatic nitrogens is 2. The molecule has 0 atom stereocenters. The number of halogens is 1. The van der Waals surface area contributed by atoms with Gasteiger partial charge in [-0.05, 0) is 55.3 Å². The molecule has 0 aliphatic rings. The molecule has 0 fully saturated rings. The maximum atomic E-state index is 12.2. The molecule has 0 bridgehead atoms. The van der Waals surface area contributed by atoms with Crippen molar-refractivity contribution in [3.63, 3.8) is 0 Å². The molecule has 2 N–H and O–H groups in total. The molecule has 144 valence electrons. The van der Waals surface area contributed by atoms with Crippen molar-refractivity contribution in [2.45, 2.75) is 18.2 Å². The number of hydrogen-bond donors (Lipinski definition) is 2. The molecule has 0 saturated carbocycles. The Labute approximate surface area is 175 Å². The average molecular weight is 433 g/mol. The van der Waals surface area contributed by atoms with Crippen molar-refractivity contribution < 1.29 is 9.59 Å². The van der Waals surface area contributed by atoms with E-state index in [4.69, 9.17) is 11.6 Å². The minimum absolute atomic E-state index is 0.124. The zero-order valence-corrected chi connectivity index (χ0v) is 17.5. The van der Waals surface area contributed by atoms with Crippen LogP contribution in [0, 0.1) is 13.8 Å². The predicted octanol–water partition coefficient (Wildman–Crippen LogP) is 4.79. The highest BCUT2D eigenvalue weighted by Crippen LogP contribution is 2.26. The van der Waals surface area contributed by atoms with Gasteiger partial charge in [0.15, 0.2) is 4.34 Å². The van der Waals surface area contributed by atoms with Gasteiger partial charge >= 0.3 is 0 Å². The average Bonchev–Trinajstić information content (AvgIpc) is 3.11. The molecule has 0 aliphatic carbocycles. The van der Waals surface area contributed by atoms with Crippen molar-refractivity contribution in [1.29, 1.82) is 0 Å². The fraction of sp³-hybridized carbons (Fsp3) is 0.158. The van der Waals surface area contributed by atoms with Crippen LogP contribution in [0.4, 0.5) is 10.8 Å². The number of anilines is 2. The summed E-state index contributed by atoms with van der Waals surface area (Å²) in [6.07, 6.45) is 0. The Hall–Kier alpha value is -2.42. The smallest absolute Gasteiger partial charge is 0.257 e. The van der Waals surface area contributed by atoms with Crippen LogP contribution in [0.1, 0.15) is 21.5 Å². The molecule has 3 rings (SSSR count). The molecule has 0 radical (unpaired) electrons. The standard InChI is InChI=1S/C19H17ClN4O2S2/c1-11-3-4-12(2)15(9-11)21-16(25)10-27-19-24-23-18(28-19)22-17(26)13-5-7-14(20)8-6-13/h3-9H,10H2,1-2H3,(H,21,25)(H,22,23,26). The number of nitrogens with zero attached hydrogens (tertiary/aromatic N) is 2. The van der Waals surface area contributed by atoms with Crippen molar-refractivity contribution in [2.75, 3.05) is 16.4 Å². The summed E-state index contributed by atoms with van der Waals surface area (Å²) in [6, 6.07) is 12.5. The van der Waals surface area contributed by atoms with E-state index in [0.717, 1.165) is 16.8 Å². The summed E-state index contributed by atoms with van der Waals surface area (Å²) >= 11 is 8.30. The van der Waals surface area contributed by atoms with Gasteiger partial charge in [-0.3, -0.25) is 14.9 Å². The molecule has 6 nitrogen and oxygen atoms in total. The zero-order valence-electron chi connectivity index (χ0n) is 15.2. The highest BCUT2D eigenvalue weighted by Gasteiger charge is 2.12. The predicted molar refractivity (Wildman–Crippen MR) is 115 cm³/mol. The summed E-state index contributed by atoms with van der Waals surface area (Å²) in [5.74, 6) is -0.217. The molecular formula is C19H17ClN4O2S2. The molecule has 2 amide bonds. The van der Waals surface area contributed by atoms with E-state index in [2.05, 4.69) is 20.8 Å². The molecule has 1 aromatic heterocycles. The first kappa shape index (κ1) is 20.3. The second kappa shape index (κ2) is 9.18. The van der Waals surface area contributed by atoms with E-state index >= 15 is 0 Å². The van der Waals surface area contributed by atoms with Crippen molar-refractivity contribution in [3.8, 4) is 0 Å². The molecule has 9 heteroatoms. The monoisotopic (exact) mass is 432 g/mol. The number of benzene rings is 2. The Bertz CT molecular complexity index is 1010. The first-order valence-corrected chi connectivity index (χ1v) is 10.5. The summed E-state index contributed by atoms with van der Waals surface area (Å²) in [5.41, 5.74) is 3.37. The molecule has 28 heavy (non-hydrogen) atoms. The fourth-order valence-electron chi connectivity index (χ4n) is 2.27. The third-order valence-electron chi connectivity index (χ3n) is 3.73.